The Hall–Kier alpha value is -1.72. The zero-order valence-electron chi connectivity index (χ0n) is 14.1. The van der Waals surface area contributed by atoms with Gasteiger partial charge < -0.3 is 5.32 Å². The minimum Gasteiger partial charge on any atom is -0.314 e. The number of piperazine rings is 1. The Kier molecular flexibility index (Phi) is 5.08. The molecule has 5 heteroatoms. The van der Waals surface area contributed by atoms with Gasteiger partial charge in [-0.15, -0.1) is 0 Å². The van der Waals surface area contributed by atoms with Gasteiger partial charge in [0.15, 0.2) is 0 Å². The van der Waals surface area contributed by atoms with Gasteiger partial charge in [0.1, 0.15) is 5.82 Å². The van der Waals surface area contributed by atoms with Crippen LogP contribution >= 0.6 is 0 Å². The monoisotopic (exact) mass is 314 g/mol. The van der Waals surface area contributed by atoms with Crippen molar-refractivity contribution < 1.29 is 0 Å². The minimum absolute atomic E-state index is 0.0982. The lowest BCUT2D eigenvalue weighted by Crippen LogP contribution is -2.46. The Labute approximate surface area is 137 Å². The summed E-state index contributed by atoms with van der Waals surface area (Å²) in [6, 6.07) is 7.90. The van der Waals surface area contributed by atoms with E-state index in [9.17, 15) is 4.79 Å². The molecule has 3 rings (SSSR count). The number of nitrogens with one attached hydrogen (secondary N) is 1. The summed E-state index contributed by atoms with van der Waals surface area (Å²) in [6.07, 6.45) is 1.90. The molecule has 23 heavy (non-hydrogen) atoms. The second kappa shape index (κ2) is 7.23. The van der Waals surface area contributed by atoms with Crippen molar-refractivity contribution in [1.82, 2.24) is 19.8 Å². The molecule has 2 aromatic rings. The van der Waals surface area contributed by atoms with Crippen molar-refractivity contribution in [2.75, 3.05) is 26.2 Å². The van der Waals surface area contributed by atoms with E-state index in [4.69, 9.17) is 4.98 Å². The number of nitrogens with zero attached hydrogens (tertiary/aromatic N) is 3. The molecular formula is C18H26N4O. The van der Waals surface area contributed by atoms with Crippen LogP contribution < -0.4 is 10.9 Å². The van der Waals surface area contributed by atoms with E-state index in [1.807, 2.05) is 28.8 Å². The standard InChI is InChI=1S/C18H26N4O/c1-3-11-22-17(16(4-2)21-12-9-19-10-13-21)20-15-8-6-5-7-14(15)18(22)23/h5-8,16,19H,3-4,9-13H2,1-2H3/t16-/m1/s1. The number of hydrogen-bond donors (Lipinski definition) is 1. The van der Waals surface area contributed by atoms with E-state index < -0.39 is 0 Å². The van der Waals surface area contributed by atoms with Crippen LogP contribution in [0.3, 0.4) is 0 Å². The van der Waals surface area contributed by atoms with E-state index in [2.05, 4.69) is 24.1 Å². The van der Waals surface area contributed by atoms with Gasteiger partial charge in [0.05, 0.1) is 16.9 Å². The van der Waals surface area contributed by atoms with Crippen LogP contribution in [0.1, 0.15) is 38.6 Å². The number of fused-ring (bicyclic) bond motifs is 1. The summed E-state index contributed by atoms with van der Waals surface area (Å²) >= 11 is 0. The van der Waals surface area contributed by atoms with E-state index in [1.165, 1.54) is 0 Å². The van der Waals surface area contributed by atoms with Gasteiger partial charge in [-0.3, -0.25) is 14.3 Å². The fourth-order valence-corrected chi connectivity index (χ4v) is 3.48. The molecule has 1 aromatic heterocycles. The Morgan fingerprint density at radius 1 is 1.22 bits per heavy atom. The Balaban J connectivity index is 2.13. The first-order valence-electron chi connectivity index (χ1n) is 8.70. The van der Waals surface area contributed by atoms with Crippen molar-refractivity contribution in [3.8, 4) is 0 Å². The number of hydrogen-bond acceptors (Lipinski definition) is 4. The molecule has 2 heterocycles. The molecule has 1 fully saturated rings. The molecule has 0 radical (unpaired) electrons. The summed E-state index contributed by atoms with van der Waals surface area (Å²) < 4.78 is 1.90. The third kappa shape index (κ3) is 3.16. The van der Waals surface area contributed by atoms with Crippen LogP contribution in [0.15, 0.2) is 29.1 Å². The highest BCUT2D eigenvalue weighted by Gasteiger charge is 2.25. The third-order valence-corrected chi connectivity index (χ3v) is 4.62. The predicted molar refractivity (Wildman–Crippen MR) is 93.8 cm³/mol. The maximum absolute atomic E-state index is 12.9. The van der Waals surface area contributed by atoms with Crippen molar-refractivity contribution in [3.05, 3.63) is 40.4 Å². The van der Waals surface area contributed by atoms with Crippen LogP contribution in [0, 0.1) is 0 Å². The first kappa shape index (κ1) is 16.1. The molecule has 0 aliphatic carbocycles. The molecule has 0 amide bonds. The van der Waals surface area contributed by atoms with Crippen LogP contribution in [0.25, 0.3) is 10.9 Å². The van der Waals surface area contributed by atoms with E-state index in [0.717, 1.165) is 62.3 Å². The summed E-state index contributed by atoms with van der Waals surface area (Å²) in [4.78, 5) is 20.3. The molecule has 1 N–H and O–H groups in total. The number of para-hydroxylation sites is 1. The topological polar surface area (TPSA) is 50.2 Å². The van der Waals surface area contributed by atoms with Gasteiger partial charge in [-0.25, -0.2) is 4.98 Å². The van der Waals surface area contributed by atoms with Gasteiger partial charge in [-0.1, -0.05) is 26.0 Å². The molecule has 0 bridgehead atoms. The van der Waals surface area contributed by atoms with Gasteiger partial charge in [-0.05, 0) is 25.0 Å². The first-order valence-corrected chi connectivity index (χ1v) is 8.70. The molecule has 1 atom stereocenters. The van der Waals surface area contributed by atoms with Crippen molar-refractivity contribution in [3.63, 3.8) is 0 Å². The summed E-state index contributed by atoms with van der Waals surface area (Å²) in [7, 11) is 0. The zero-order chi connectivity index (χ0) is 16.2. The van der Waals surface area contributed by atoms with E-state index in [-0.39, 0.29) is 11.6 Å². The van der Waals surface area contributed by atoms with Crippen molar-refractivity contribution >= 4 is 10.9 Å². The molecule has 1 aromatic carbocycles. The fourth-order valence-electron chi connectivity index (χ4n) is 3.48. The van der Waals surface area contributed by atoms with E-state index in [0.29, 0.717) is 0 Å². The molecule has 124 valence electrons. The lowest BCUT2D eigenvalue weighted by Gasteiger charge is -2.35. The van der Waals surface area contributed by atoms with Gasteiger partial charge in [0.2, 0.25) is 0 Å². The lowest BCUT2D eigenvalue weighted by molar-refractivity contribution is 0.158. The molecule has 5 nitrogen and oxygen atoms in total. The predicted octanol–water partition coefficient (Wildman–Crippen LogP) is 2.16. The molecule has 1 saturated heterocycles. The Bertz CT molecular complexity index is 719. The number of rotatable bonds is 5. The van der Waals surface area contributed by atoms with E-state index >= 15 is 0 Å². The maximum Gasteiger partial charge on any atom is 0.261 e. The summed E-state index contributed by atoms with van der Waals surface area (Å²) in [6.45, 7) is 9.04. The van der Waals surface area contributed by atoms with Crippen LogP contribution in [-0.2, 0) is 6.54 Å². The second-order valence-corrected chi connectivity index (χ2v) is 6.15. The van der Waals surface area contributed by atoms with E-state index in [1.54, 1.807) is 0 Å². The fraction of sp³-hybridized carbons (Fsp3) is 0.556. The molecule has 1 aliphatic rings. The van der Waals surface area contributed by atoms with Gasteiger partial charge in [0, 0.05) is 32.7 Å². The normalized spacial score (nSPS) is 17.5. The Morgan fingerprint density at radius 2 is 1.96 bits per heavy atom. The summed E-state index contributed by atoms with van der Waals surface area (Å²) in [5, 5.41) is 4.12. The third-order valence-electron chi connectivity index (χ3n) is 4.62. The first-order chi connectivity index (χ1) is 11.3. The largest absolute Gasteiger partial charge is 0.314 e. The quantitative estimate of drug-likeness (QED) is 0.919. The maximum atomic E-state index is 12.9. The highest BCUT2D eigenvalue weighted by atomic mass is 16.1. The number of aromatic nitrogens is 2. The van der Waals surface area contributed by atoms with Gasteiger partial charge >= 0.3 is 0 Å². The zero-order valence-corrected chi connectivity index (χ0v) is 14.1. The van der Waals surface area contributed by atoms with Gasteiger partial charge in [-0.2, -0.15) is 0 Å². The summed E-state index contributed by atoms with van der Waals surface area (Å²) in [5.41, 5.74) is 0.912. The van der Waals surface area contributed by atoms with Crippen LogP contribution in [0.5, 0.6) is 0 Å². The van der Waals surface area contributed by atoms with Crippen molar-refractivity contribution in [2.24, 2.45) is 0 Å². The molecule has 0 unspecified atom stereocenters. The smallest absolute Gasteiger partial charge is 0.261 e. The van der Waals surface area contributed by atoms with Crippen LogP contribution in [0.4, 0.5) is 0 Å². The molecule has 0 spiro atoms. The molecular weight excluding hydrogens is 288 g/mol. The summed E-state index contributed by atoms with van der Waals surface area (Å²) in [5.74, 6) is 0.931. The SMILES string of the molecule is CCCn1c([C@@H](CC)N2CCNCC2)nc2ccccc2c1=O. The molecule has 1 aliphatic heterocycles. The highest BCUT2D eigenvalue weighted by Crippen LogP contribution is 2.24. The van der Waals surface area contributed by atoms with Crippen molar-refractivity contribution in [1.29, 1.82) is 0 Å². The second-order valence-electron chi connectivity index (χ2n) is 6.15. The lowest BCUT2D eigenvalue weighted by atomic mass is 10.1. The highest BCUT2D eigenvalue weighted by molar-refractivity contribution is 5.77. The van der Waals surface area contributed by atoms with Gasteiger partial charge in [0.25, 0.3) is 5.56 Å². The number of benzene rings is 1. The van der Waals surface area contributed by atoms with Crippen molar-refractivity contribution in [2.45, 2.75) is 39.3 Å². The van der Waals surface area contributed by atoms with Crippen LogP contribution in [-0.4, -0.2) is 40.6 Å². The molecule has 0 saturated carbocycles. The van der Waals surface area contributed by atoms with Crippen LogP contribution in [0.2, 0.25) is 0 Å². The average molecular weight is 314 g/mol. The Morgan fingerprint density at radius 3 is 2.65 bits per heavy atom. The minimum atomic E-state index is 0.0982. The average Bonchev–Trinajstić information content (AvgIpc) is 2.60.